The first-order chi connectivity index (χ1) is 16.4. The first-order valence-electron chi connectivity index (χ1n) is 11.4. The van der Waals surface area contributed by atoms with E-state index in [-0.39, 0.29) is 17.7 Å². The zero-order chi connectivity index (χ0) is 24.5. The lowest BCUT2D eigenvalue weighted by Crippen LogP contribution is -2.51. The number of nitrogens with zero attached hydrogens (tertiary/aromatic N) is 1. The van der Waals surface area contributed by atoms with Gasteiger partial charge in [-0.3, -0.25) is 9.59 Å². The minimum absolute atomic E-state index is 0.0803. The normalized spacial score (nSPS) is 11.7. The third-order valence-corrected chi connectivity index (χ3v) is 5.89. The molecule has 2 amide bonds. The molecule has 1 atom stereocenters. The molecule has 3 aromatic rings. The molecule has 0 saturated heterocycles. The van der Waals surface area contributed by atoms with Crippen LogP contribution in [0, 0.1) is 5.92 Å². The Morgan fingerprint density at radius 3 is 2.21 bits per heavy atom. The number of ether oxygens (including phenoxy) is 1. The lowest BCUT2D eigenvalue weighted by Gasteiger charge is -2.33. The molecule has 0 unspecified atom stereocenters. The van der Waals surface area contributed by atoms with Crippen molar-refractivity contribution in [1.29, 1.82) is 0 Å². The summed E-state index contributed by atoms with van der Waals surface area (Å²) in [6, 6.07) is 24.0. The summed E-state index contributed by atoms with van der Waals surface area (Å²) in [5, 5.41) is 3.66. The van der Waals surface area contributed by atoms with Crippen molar-refractivity contribution in [2.75, 3.05) is 7.11 Å². The third-order valence-electron chi connectivity index (χ3n) is 5.64. The quantitative estimate of drug-likeness (QED) is 0.432. The molecule has 0 bridgehead atoms. The van der Waals surface area contributed by atoms with Crippen molar-refractivity contribution in [3.8, 4) is 5.75 Å². The van der Waals surface area contributed by atoms with Crippen LogP contribution in [0.2, 0.25) is 5.02 Å². The SMILES string of the molecule is COc1ccccc1CNC(=O)[C@H](Cc1ccccc1)N(Cc1ccc(Cl)cc1)C(=O)C(C)C. The van der Waals surface area contributed by atoms with E-state index in [1.54, 1.807) is 24.1 Å². The number of para-hydroxylation sites is 1. The van der Waals surface area contributed by atoms with Crippen molar-refractivity contribution >= 4 is 23.4 Å². The zero-order valence-electron chi connectivity index (χ0n) is 19.8. The van der Waals surface area contributed by atoms with Gasteiger partial charge in [0, 0.05) is 36.0 Å². The Labute approximate surface area is 206 Å². The highest BCUT2D eigenvalue weighted by molar-refractivity contribution is 6.30. The standard InChI is InChI=1S/C28H31ClN2O3/c1-20(2)28(33)31(19-22-13-15-24(29)16-14-22)25(17-21-9-5-4-6-10-21)27(32)30-18-23-11-7-8-12-26(23)34-3/h4-16,20,25H,17-19H2,1-3H3,(H,30,32)/t25-/m0/s1. The molecular weight excluding hydrogens is 448 g/mol. The fraction of sp³-hybridized carbons (Fsp3) is 0.286. The van der Waals surface area contributed by atoms with E-state index in [4.69, 9.17) is 16.3 Å². The number of amides is 2. The topological polar surface area (TPSA) is 58.6 Å². The minimum atomic E-state index is -0.678. The predicted octanol–water partition coefficient (Wildman–Crippen LogP) is 5.26. The highest BCUT2D eigenvalue weighted by atomic mass is 35.5. The fourth-order valence-electron chi connectivity index (χ4n) is 3.79. The molecule has 0 spiro atoms. The van der Waals surface area contributed by atoms with Crippen molar-refractivity contribution in [2.45, 2.75) is 39.4 Å². The van der Waals surface area contributed by atoms with Crippen LogP contribution >= 0.6 is 11.6 Å². The van der Waals surface area contributed by atoms with Gasteiger partial charge in [0.1, 0.15) is 11.8 Å². The summed E-state index contributed by atoms with van der Waals surface area (Å²) in [7, 11) is 1.61. The molecule has 0 aliphatic rings. The lowest BCUT2D eigenvalue weighted by atomic mass is 10.0. The average molecular weight is 479 g/mol. The number of carbonyl (C=O) groups is 2. The molecule has 6 heteroatoms. The summed E-state index contributed by atoms with van der Waals surface area (Å²) in [6.45, 7) is 4.32. The maximum atomic E-state index is 13.6. The molecule has 34 heavy (non-hydrogen) atoms. The number of benzene rings is 3. The second-order valence-corrected chi connectivity index (χ2v) is 8.92. The van der Waals surface area contributed by atoms with E-state index >= 15 is 0 Å². The van der Waals surface area contributed by atoms with Gasteiger partial charge in [-0.05, 0) is 29.3 Å². The van der Waals surface area contributed by atoms with Crippen LogP contribution in [-0.4, -0.2) is 29.9 Å². The van der Waals surface area contributed by atoms with E-state index in [9.17, 15) is 9.59 Å². The molecular formula is C28H31ClN2O3. The second-order valence-electron chi connectivity index (χ2n) is 8.48. The van der Waals surface area contributed by atoms with E-state index in [0.717, 1.165) is 16.7 Å². The van der Waals surface area contributed by atoms with Gasteiger partial charge in [0.25, 0.3) is 0 Å². The Bertz CT molecular complexity index is 1080. The minimum Gasteiger partial charge on any atom is -0.496 e. The van der Waals surface area contributed by atoms with Gasteiger partial charge in [0.15, 0.2) is 0 Å². The van der Waals surface area contributed by atoms with Crippen LogP contribution in [0.4, 0.5) is 0 Å². The van der Waals surface area contributed by atoms with Crippen LogP contribution in [0.25, 0.3) is 0 Å². The number of nitrogens with one attached hydrogen (secondary N) is 1. The van der Waals surface area contributed by atoms with E-state index < -0.39 is 6.04 Å². The molecule has 0 aliphatic carbocycles. The number of hydrogen-bond donors (Lipinski definition) is 1. The predicted molar refractivity (Wildman–Crippen MR) is 136 cm³/mol. The summed E-state index contributed by atoms with van der Waals surface area (Å²) < 4.78 is 5.41. The number of carbonyl (C=O) groups excluding carboxylic acids is 2. The molecule has 0 aliphatic heterocycles. The summed E-state index contributed by atoms with van der Waals surface area (Å²) in [5.41, 5.74) is 2.77. The molecule has 3 rings (SSSR count). The molecule has 5 nitrogen and oxygen atoms in total. The molecule has 0 aromatic heterocycles. The Morgan fingerprint density at radius 1 is 0.912 bits per heavy atom. The van der Waals surface area contributed by atoms with Gasteiger partial charge < -0.3 is 15.0 Å². The van der Waals surface area contributed by atoms with Gasteiger partial charge >= 0.3 is 0 Å². The molecule has 0 radical (unpaired) electrons. The second kappa shape index (κ2) is 12.2. The van der Waals surface area contributed by atoms with E-state index in [0.29, 0.717) is 30.3 Å². The van der Waals surface area contributed by atoms with Crippen molar-refractivity contribution < 1.29 is 14.3 Å². The van der Waals surface area contributed by atoms with Gasteiger partial charge in [-0.1, -0.05) is 86.1 Å². The van der Waals surface area contributed by atoms with Crippen LogP contribution in [0.3, 0.4) is 0 Å². The highest BCUT2D eigenvalue weighted by Gasteiger charge is 2.31. The molecule has 0 saturated carbocycles. The summed E-state index contributed by atoms with van der Waals surface area (Å²) >= 11 is 6.05. The van der Waals surface area contributed by atoms with Crippen molar-refractivity contribution in [2.24, 2.45) is 5.92 Å². The molecule has 0 heterocycles. The summed E-state index contributed by atoms with van der Waals surface area (Å²) in [4.78, 5) is 28.6. The molecule has 3 aromatic carbocycles. The zero-order valence-corrected chi connectivity index (χ0v) is 20.6. The van der Waals surface area contributed by atoms with E-state index in [2.05, 4.69) is 5.32 Å². The largest absolute Gasteiger partial charge is 0.496 e. The van der Waals surface area contributed by atoms with Gasteiger partial charge in [0.05, 0.1) is 7.11 Å². The number of rotatable bonds is 10. The van der Waals surface area contributed by atoms with Crippen LogP contribution in [0.1, 0.15) is 30.5 Å². The number of halogens is 1. The van der Waals surface area contributed by atoms with Crippen LogP contribution in [0.5, 0.6) is 5.75 Å². The van der Waals surface area contributed by atoms with Crippen LogP contribution in [-0.2, 0) is 29.1 Å². The van der Waals surface area contributed by atoms with Gasteiger partial charge in [-0.15, -0.1) is 0 Å². The molecule has 1 N–H and O–H groups in total. The average Bonchev–Trinajstić information content (AvgIpc) is 2.86. The fourth-order valence-corrected chi connectivity index (χ4v) is 3.92. The van der Waals surface area contributed by atoms with Gasteiger partial charge in [-0.2, -0.15) is 0 Å². The smallest absolute Gasteiger partial charge is 0.243 e. The number of methoxy groups -OCH3 is 1. The van der Waals surface area contributed by atoms with E-state index in [1.165, 1.54) is 0 Å². The summed E-state index contributed by atoms with van der Waals surface area (Å²) in [6.07, 6.45) is 0.407. The van der Waals surface area contributed by atoms with Crippen LogP contribution < -0.4 is 10.1 Å². The lowest BCUT2D eigenvalue weighted by molar-refractivity contribution is -0.143. The number of hydrogen-bond acceptors (Lipinski definition) is 3. The highest BCUT2D eigenvalue weighted by Crippen LogP contribution is 2.20. The van der Waals surface area contributed by atoms with Crippen molar-refractivity contribution in [1.82, 2.24) is 10.2 Å². The maximum Gasteiger partial charge on any atom is 0.243 e. The van der Waals surface area contributed by atoms with Crippen molar-refractivity contribution in [3.05, 3.63) is 101 Å². The third kappa shape index (κ3) is 6.84. The Balaban J connectivity index is 1.90. The van der Waals surface area contributed by atoms with Gasteiger partial charge in [0.2, 0.25) is 11.8 Å². The van der Waals surface area contributed by atoms with Gasteiger partial charge in [-0.25, -0.2) is 0 Å². The van der Waals surface area contributed by atoms with Crippen molar-refractivity contribution in [3.63, 3.8) is 0 Å². The summed E-state index contributed by atoms with van der Waals surface area (Å²) in [5.74, 6) is 0.160. The Hall–Kier alpha value is -3.31. The monoisotopic (exact) mass is 478 g/mol. The molecule has 0 fully saturated rings. The Kier molecular flexibility index (Phi) is 9.11. The first-order valence-corrected chi connectivity index (χ1v) is 11.7. The maximum absolute atomic E-state index is 13.6. The van der Waals surface area contributed by atoms with E-state index in [1.807, 2.05) is 80.6 Å². The molecule has 178 valence electrons. The first kappa shape index (κ1) is 25.3. The van der Waals surface area contributed by atoms with Crippen LogP contribution in [0.15, 0.2) is 78.9 Å². The Morgan fingerprint density at radius 2 is 1.56 bits per heavy atom.